The van der Waals surface area contributed by atoms with Gasteiger partial charge in [0.25, 0.3) is 0 Å². The summed E-state index contributed by atoms with van der Waals surface area (Å²) in [6.07, 6.45) is 4.53. The highest BCUT2D eigenvalue weighted by atomic mass is 16.2. The molecule has 0 atom stereocenters. The number of hydrogen-bond acceptors (Lipinski definition) is 2. The summed E-state index contributed by atoms with van der Waals surface area (Å²) >= 11 is 0. The zero-order valence-corrected chi connectivity index (χ0v) is 12.7. The summed E-state index contributed by atoms with van der Waals surface area (Å²) < 4.78 is 0. The molecule has 2 amide bonds. The number of carbonyl (C=O) groups is 1. The van der Waals surface area contributed by atoms with Crippen molar-refractivity contribution in [3.63, 3.8) is 0 Å². The Hall–Kier alpha value is -2.49. The molecule has 1 radical (unpaired) electrons. The van der Waals surface area contributed by atoms with Crippen LogP contribution in [0.4, 0.5) is 27.5 Å². The minimum atomic E-state index is -0.286. The fourth-order valence-electron chi connectivity index (χ4n) is 2.64. The van der Waals surface area contributed by atoms with Crippen molar-refractivity contribution in [2.75, 3.05) is 10.6 Å². The lowest BCUT2D eigenvalue weighted by Gasteiger charge is -2.14. The van der Waals surface area contributed by atoms with Gasteiger partial charge in [0.15, 0.2) is 0 Å². The largest absolute Gasteiger partial charge is 0.355 e. The number of aryl methyl sites for hydroxylation is 1. The topological polar surface area (TPSA) is 55.2 Å². The summed E-state index contributed by atoms with van der Waals surface area (Å²) in [5.74, 6) is 0. The maximum atomic E-state index is 11.4. The highest BCUT2D eigenvalue weighted by Crippen LogP contribution is 2.35. The molecule has 1 heterocycles. The van der Waals surface area contributed by atoms with Crippen LogP contribution >= 0.6 is 0 Å². The maximum Gasteiger partial charge on any atom is 0.346 e. The summed E-state index contributed by atoms with van der Waals surface area (Å²) in [7, 11) is 0. The van der Waals surface area contributed by atoms with Crippen LogP contribution < -0.4 is 16.0 Å². The summed E-state index contributed by atoms with van der Waals surface area (Å²) in [5, 5.41) is 10.2. The number of unbranched alkanes of at least 4 members (excludes halogenated alkanes) is 2. The lowest BCUT2D eigenvalue weighted by Crippen LogP contribution is -2.08. The Morgan fingerprint density at radius 1 is 1.14 bits per heavy atom. The third-order valence-corrected chi connectivity index (χ3v) is 3.79. The van der Waals surface area contributed by atoms with Crippen LogP contribution in [-0.4, -0.2) is 6.03 Å². The number of hydrogen-bond donors (Lipinski definition) is 2. The maximum absolute atomic E-state index is 11.4. The van der Waals surface area contributed by atoms with Gasteiger partial charge in [-0.25, -0.2) is 4.79 Å². The minimum absolute atomic E-state index is 0.286. The zero-order valence-electron chi connectivity index (χ0n) is 12.7. The molecular weight excluding hydrogens is 274 g/mol. The summed E-state index contributed by atoms with van der Waals surface area (Å²) in [4.78, 5) is 11.4. The van der Waals surface area contributed by atoms with Crippen molar-refractivity contribution in [2.24, 2.45) is 0 Å². The molecule has 1 aliphatic heterocycles. The van der Waals surface area contributed by atoms with Crippen molar-refractivity contribution >= 4 is 28.8 Å². The molecule has 0 aliphatic carbocycles. The van der Waals surface area contributed by atoms with E-state index >= 15 is 0 Å². The van der Waals surface area contributed by atoms with Crippen LogP contribution in [0.1, 0.15) is 31.7 Å². The zero-order chi connectivity index (χ0) is 15.4. The summed E-state index contributed by atoms with van der Waals surface area (Å²) in [6.45, 7) is 2.20. The van der Waals surface area contributed by atoms with Gasteiger partial charge in [-0.1, -0.05) is 38.0 Å². The van der Waals surface area contributed by atoms with Crippen LogP contribution in [0, 0.1) is 0 Å². The molecule has 0 aromatic heterocycles. The van der Waals surface area contributed by atoms with Crippen LogP contribution in [0.5, 0.6) is 0 Å². The Balaban J connectivity index is 1.88. The summed E-state index contributed by atoms with van der Waals surface area (Å²) in [5.41, 5.74) is 4.81. The van der Waals surface area contributed by atoms with E-state index in [4.69, 9.17) is 0 Å². The van der Waals surface area contributed by atoms with Gasteiger partial charge in [0, 0.05) is 11.4 Å². The monoisotopic (exact) mass is 294 g/mol. The second kappa shape index (κ2) is 6.52. The van der Waals surface area contributed by atoms with Crippen LogP contribution in [0.3, 0.4) is 0 Å². The van der Waals surface area contributed by atoms with Crippen LogP contribution in [0.15, 0.2) is 42.5 Å². The van der Waals surface area contributed by atoms with Gasteiger partial charge in [-0.15, -0.1) is 0 Å². The lowest BCUT2D eigenvalue weighted by molar-refractivity contribution is 0.256. The third-order valence-electron chi connectivity index (χ3n) is 3.79. The van der Waals surface area contributed by atoms with E-state index in [9.17, 15) is 4.79 Å². The molecule has 2 N–H and O–H groups in total. The van der Waals surface area contributed by atoms with E-state index in [2.05, 4.69) is 22.9 Å². The second-order valence-electron chi connectivity index (χ2n) is 5.52. The first kappa shape index (κ1) is 14.4. The van der Waals surface area contributed by atoms with Gasteiger partial charge in [0.2, 0.25) is 0 Å². The Morgan fingerprint density at radius 2 is 1.95 bits per heavy atom. The molecule has 3 rings (SSSR count). The van der Waals surface area contributed by atoms with Crippen molar-refractivity contribution in [1.82, 2.24) is 5.32 Å². The number of para-hydroxylation sites is 1. The molecule has 2 aromatic rings. The van der Waals surface area contributed by atoms with E-state index in [0.29, 0.717) is 5.69 Å². The SMILES string of the molecule is CCCCCc1cc2c(cc1Nc1ccccc1)[N]C(=O)N2. The van der Waals surface area contributed by atoms with Crippen molar-refractivity contribution in [1.29, 1.82) is 0 Å². The van der Waals surface area contributed by atoms with E-state index in [-0.39, 0.29) is 6.03 Å². The van der Waals surface area contributed by atoms with Crippen LogP contribution in [0.25, 0.3) is 0 Å². The number of urea groups is 1. The van der Waals surface area contributed by atoms with Gasteiger partial charge in [-0.05, 0) is 42.7 Å². The smallest absolute Gasteiger partial charge is 0.346 e. The number of nitrogens with one attached hydrogen (secondary N) is 2. The molecule has 0 unspecified atom stereocenters. The lowest BCUT2D eigenvalue weighted by atomic mass is 10.0. The molecule has 4 heteroatoms. The van der Waals surface area contributed by atoms with Gasteiger partial charge in [0.05, 0.1) is 11.4 Å². The fraction of sp³-hybridized carbons (Fsp3) is 0.278. The van der Waals surface area contributed by atoms with E-state index in [1.54, 1.807) is 0 Å². The van der Waals surface area contributed by atoms with Crippen molar-refractivity contribution in [3.05, 3.63) is 48.0 Å². The predicted molar refractivity (Wildman–Crippen MR) is 90.2 cm³/mol. The number of nitrogens with zero attached hydrogens (tertiary/aromatic N) is 1. The van der Waals surface area contributed by atoms with Crippen LogP contribution in [-0.2, 0) is 6.42 Å². The standard InChI is InChI=1S/C18H20N3O/c1-2-3-5-8-13-11-16-17(21-18(22)20-16)12-15(13)19-14-9-6-4-7-10-14/h4,6-7,9-12,19H,2-3,5,8H2,1H3,(H,20,22). The number of carbonyl (C=O) groups excluding carboxylic acids is 1. The first-order chi connectivity index (χ1) is 10.8. The van der Waals surface area contributed by atoms with Gasteiger partial charge in [-0.3, -0.25) is 0 Å². The average Bonchev–Trinajstić information content (AvgIpc) is 2.88. The third kappa shape index (κ3) is 3.22. The van der Waals surface area contributed by atoms with E-state index in [1.165, 1.54) is 18.4 Å². The fourth-order valence-corrected chi connectivity index (χ4v) is 2.64. The quantitative estimate of drug-likeness (QED) is 0.741. The molecule has 2 aromatic carbocycles. The Morgan fingerprint density at radius 3 is 2.73 bits per heavy atom. The van der Waals surface area contributed by atoms with Crippen molar-refractivity contribution in [2.45, 2.75) is 32.6 Å². The molecule has 0 saturated carbocycles. The average molecular weight is 294 g/mol. The molecule has 0 fully saturated rings. The highest BCUT2D eigenvalue weighted by molar-refractivity contribution is 6.03. The predicted octanol–water partition coefficient (Wildman–Crippen LogP) is 4.94. The summed E-state index contributed by atoms with van der Waals surface area (Å²) in [6, 6.07) is 13.8. The Bertz CT molecular complexity index is 668. The molecule has 22 heavy (non-hydrogen) atoms. The Labute approximate surface area is 130 Å². The van der Waals surface area contributed by atoms with Gasteiger partial charge in [-0.2, -0.15) is 5.32 Å². The molecule has 4 nitrogen and oxygen atoms in total. The highest BCUT2D eigenvalue weighted by Gasteiger charge is 2.21. The number of benzene rings is 2. The van der Waals surface area contributed by atoms with Crippen molar-refractivity contribution < 1.29 is 4.79 Å². The Kier molecular flexibility index (Phi) is 4.28. The van der Waals surface area contributed by atoms with E-state index in [1.807, 2.05) is 42.5 Å². The first-order valence-electron chi connectivity index (χ1n) is 7.78. The first-order valence-corrected chi connectivity index (χ1v) is 7.78. The van der Waals surface area contributed by atoms with E-state index in [0.717, 1.165) is 29.9 Å². The number of anilines is 3. The number of fused-ring (bicyclic) bond motifs is 1. The number of amides is 2. The molecule has 0 saturated heterocycles. The number of rotatable bonds is 6. The minimum Gasteiger partial charge on any atom is -0.355 e. The molecule has 0 bridgehead atoms. The second-order valence-corrected chi connectivity index (χ2v) is 5.52. The normalized spacial score (nSPS) is 12.5. The van der Waals surface area contributed by atoms with E-state index < -0.39 is 0 Å². The molecule has 1 aliphatic rings. The molecule has 0 spiro atoms. The molecular formula is C18H20N3O. The molecule has 113 valence electrons. The van der Waals surface area contributed by atoms with Crippen molar-refractivity contribution in [3.8, 4) is 0 Å². The van der Waals surface area contributed by atoms with Gasteiger partial charge < -0.3 is 10.6 Å². The van der Waals surface area contributed by atoms with Crippen LogP contribution in [0.2, 0.25) is 0 Å². The van der Waals surface area contributed by atoms with Gasteiger partial charge in [0.1, 0.15) is 0 Å². The van der Waals surface area contributed by atoms with Gasteiger partial charge >= 0.3 is 6.03 Å².